The molecule has 0 radical (unpaired) electrons. The Kier molecular flexibility index (Phi) is 12.6. The molecule has 0 spiro atoms. The highest BCUT2D eigenvalue weighted by Gasteiger charge is 2.30. The molecule has 1 heterocycles. The van der Waals surface area contributed by atoms with E-state index in [4.69, 9.17) is 16.2 Å². The van der Waals surface area contributed by atoms with Crippen LogP contribution in [0.15, 0.2) is 65.9 Å². The first kappa shape index (κ1) is 35.8. The largest absolute Gasteiger partial charge is 0.444 e. The number of H-pyrrole nitrogens is 1. The first-order valence-corrected chi connectivity index (χ1v) is 14.9. The number of ether oxygens (including phenoxy) is 1. The number of guanidine groups is 1. The van der Waals surface area contributed by atoms with Crippen molar-refractivity contribution in [2.24, 2.45) is 16.6 Å². The molecule has 0 aliphatic carbocycles. The number of aromatic nitrogens is 1. The van der Waals surface area contributed by atoms with Gasteiger partial charge in [0, 0.05) is 36.5 Å². The van der Waals surface area contributed by atoms with Crippen molar-refractivity contribution < 1.29 is 28.9 Å². The van der Waals surface area contributed by atoms with E-state index < -0.39 is 58.5 Å². The first-order chi connectivity index (χ1) is 22.2. The highest BCUT2D eigenvalue weighted by molar-refractivity contribution is 5.94. The molecule has 3 rings (SSSR count). The van der Waals surface area contributed by atoms with E-state index in [1.54, 1.807) is 51.2 Å². The molecule has 0 aliphatic rings. The molecule has 16 nitrogen and oxygen atoms in total. The zero-order valence-electron chi connectivity index (χ0n) is 26.4. The Bertz CT molecular complexity index is 1580. The summed E-state index contributed by atoms with van der Waals surface area (Å²) in [5.74, 6) is -2.61. The van der Waals surface area contributed by atoms with E-state index in [0.29, 0.717) is 0 Å². The van der Waals surface area contributed by atoms with Gasteiger partial charge in [-0.3, -0.25) is 14.4 Å². The Labute approximate surface area is 271 Å². The normalized spacial score (nSPS) is 13.6. The Morgan fingerprint density at radius 2 is 1.55 bits per heavy atom. The quantitative estimate of drug-likeness (QED) is 0.0409. The zero-order valence-corrected chi connectivity index (χ0v) is 26.4. The van der Waals surface area contributed by atoms with Crippen LogP contribution in [0, 0.1) is 10.1 Å². The summed E-state index contributed by atoms with van der Waals surface area (Å²) < 4.78 is 5.35. The molecule has 2 unspecified atom stereocenters. The minimum absolute atomic E-state index is 0.0133. The van der Waals surface area contributed by atoms with E-state index in [2.05, 4.69) is 31.4 Å². The third kappa shape index (κ3) is 12.0. The summed E-state index contributed by atoms with van der Waals surface area (Å²) in [5, 5.41) is 23.9. The number of primary amides is 1. The fourth-order valence-corrected chi connectivity index (χ4v) is 4.71. The van der Waals surface area contributed by atoms with Gasteiger partial charge in [-0.25, -0.2) is 14.9 Å². The topological polar surface area (TPSA) is 249 Å². The fourth-order valence-electron chi connectivity index (χ4n) is 4.71. The Morgan fingerprint density at radius 3 is 2.21 bits per heavy atom. The van der Waals surface area contributed by atoms with E-state index in [9.17, 15) is 29.3 Å². The van der Waals surface area contributed by atoms with Crippen LogP contribution in [0.1, 0.15) is 44.7 Å². The maximum Gasteiger partial charge on any atom is 0.408 e. The summed E-state index contributed by atoms with van der Waals surface area (Å²) in [7, 11) is 0. The highest BCUT2D eigenvalue weighted by atomic mass is 16.7. The second-order valence-corrected chi connectivity index (χ2v) is 11.8. The molecule has 252 valence electrons. The van der Waals surface area contributed by atoms with E-state index in [0.717, 1.165) is 22.0 Å². The van der Waals surface area contributed by atoms with Crippen molar-refractivity contribution in [3.63, 3.8) is 0 Å². The molecule has 47 heavy (non-hydrogen) atoms. The molecule has 9 N–H and O–H groups in total. The van der Waals surface area contributed by atoms with Crippen molar-refractivity contribution in [2.45, 2.75) is 70.2 Å². The number of alkyl carbamates (subject to hydrolysis) is 1. The lowest BCUT2D eigenvalue weighted by atomic mass is 10.0. The van der Waals surface area contributed by atoms with Crippen molar-refractivity contribution in [3.8, 4) is 0 Å². The summed E-state index contributed by atoms with van der Waals surface area (Å²) in [6.07, 6.45) is 1.27. The number of nitro groups is 1. The molecule has 0 saturated heterocycles. The number of nitrogens with one attached hydrogen (secondary N) is 5. The lowest BCUT2D eigenvalue weighted by Crippen LogP contribution is -2.57. The fraction of sp³-hybridized carbons (Fsp3) is 0.387. The van der Waals surface area contributed by atoms with Crippen molar-refractivity contribution in [2.75, 3.05) is 6.54 Å². The number of aromatic amines is 1. The van der Waals surface area contributed by atoms with Crippen molar-refractivity contribution >= 4 is 40.7 Å². The molecule has 0 aliphatic heterocycles. The van der Waals surface area contributed by atoms with Gasteiger partial charge in [0.2, 0.25) is 17.7 Å². The summed E-state index contributed by atoms with van der Waals surface area (Å²) in [6, 6.07) is 12.9. The smallest absolute Gasteiger partial charge is 0.408 e. The van der Waals surface area contributed by atoms with Crippen LogP contribution in [0.25, 0.3) is 10.9 Å². The number of amides is 4. The number of hydrogen-bond acceptors (Lipinski definition) is 7. The molecule has 0 fully saturated rings. The van der Waals surface area contributed by atoms with Gasteiger partial charge in [-0.15, -0.1) is 0 Å². The van der Waals surface area contributed by atoms with Gasteiger partial charge in [-0.05, 0) is 50.8 Å². The van der Waals surface area contributed by atoms with Crippen molar-refractivity contribution in [3.05, 3.63) is 82.0 Å². The van der Waals surface area contributed by atoms with Crippen molar-refractivity contribution in [1.82, 2.24) is 26.3 Å². The van der Waals surface area contributed by atoms with Crippen LogP contribution >= 0.6 is 0 Å². The molecule has 4 amide bonds. The minimum atomic E-state index is -1.21. The number of rotatable bonds is 15. The van der Waals surface area contributed by atoms with E-state index in [1.165, 1.54) is 0 Å². The molecule has 3 atom stereocenters. The number of benzene rings is 2. The number of nitrogens with two attached hydrogens (primary N) is 2. The number of hydrazone groups is 1. The lowest BCUT2D eigenvalue weighted by molar-refractivity contribution is -0.485. The number of fused-ring (bicyclic) bond motifs is 1. The Hall–Kier alpha value is -5.67. The molecule has 1 aromatic heterocycles. The summed E-state index contributed by atoms with van der Waals surface area (Å²) in [5.41, 5.74) is 12.7. The zero-order chi connectivity index (χ0) is 34.6. The Balaban J connectivity index is 1.81. The predicted molar refractivity (Wildman–Crippen MR) is 174 cm³/mol. The van der Waals surface area contributed by atoms with Crippen LogP contribution in [0.5, 0.6) is 0 Å². The highest BCUT2D eigenvalue weighted by Crippen LogP contribution is 2.19. The number of para-hydroxylation sites is 1. The van der Waals surface area contributed by atoms with E-state index >= 15 is 0 Å². The summed E-state index contributed by atoms with van der Waals surface area (Å²) >= 11 is 0. The average molecular weight is 652 g/mol. The molecular weight excluding hydrogens is 610 g/mol. The second kappa shape index (κ2) is 16.6. The molecule has 0 bridgehead atoms. The monoisotopic (exact) mass is 651 g/mol. The third-order valence-electron chi connectivity index (χ3n) is 6.85. The second-order valence-electron chi connectivity index (χ2n) is 11.8. The summed E-state index contributed by atoms with van der Waals surface area (Å²) in [6.45, 7) is 5.12. The molecule has 16 heteroatoms. The standard InChI is InChI=1S/C31H41N9O7/c1-31(2,3)47-30(44)38-25(16-19-10-5-4-6-11-19)28(43)36-23(14-9-15-34-29(33)39-40(45)46)27(42)37-24(26(32)41)17-20-18-35-22-13-8-7-12-21(20)22/h4-8,10-13,18,23-25,35H,9,14-17H2,1-3H3,(H2,32,41)(H,36,43)(H,37,42)(H,38,44)(H3,33,34,39)/t23?,24?,25-/m1/s1. The van der Waals surface area contributed by atoms with Crippen LogP contribution in [-0.4, -0.2) is 70.1 Å². The van der Waals surface area contributed by atoms with E-state index in [-0.39, 0.29) is 32.2 Å². The van der Waals surface area contributed by atoms with Gasteiger partial charge >= 0.3 is 6.09 Å². The number of carbonyl (C=O) groups excluding carboxylic acids is 4. The third-order valence-corrected chi connectivity index (χ3v) is 6.85. The van der Waals surface area contributed by atoms with Crippen LogP contribution in [0.4, 0.5) is 4.79 Å². The van der Waals surface area contributed by atoms with Crippen LogP contribution < -0.4 is 32.7 Å². The number of hydrogen-bond donors (Lipinski definition) is 7. The minimum Gasteiger partial charge on any atom is -0.444 e. The molecule has 0 saturated carbocycles. The lowest BCUT2D eigenvalue weighted by Gasteiger charge is -2.26. The van der Waals surface area contributed by atoms with Gasteiger partial charge in [0.1, 0.15) is 28.8 Å². The summed E-state index contributed by atoms with van der Waals surface area (Å²) in [4.78, 5) is 66.1. The van der Waals surface area contributed by atoms with Gasteiger partial charge in [0.25, 0.3) is 5.96 Å². The average Bonchev–Trinajstić information content (AvgIpc) is 3.39. The van der Waals surface area contributed by atoms with Crippen LogP contribution in [0.3, 0.4) is 0 Å². The van der Waals surface area contributed by atoms with Gasteiger partial charge in [-0.2, -0.15) is 0 Å². The number of carbonyl (C=O) groups is 4. The molecule has 2 aromatic carbocycles. The predicted octanol–water partition coefficient (Wildman–Crippen LogP) is 1.18. The van der Waals surface area contributed by atoms with Gasteiger partial charge in [0.15, 0.2) is 5.03 Å². The SMILES string of the molecule is CC(C)(C)OC(=O)N[C@H](Cc1ccccc1)C(=O)NC(CCCNC(N)=N[N+](=O)[O-])C(=O)NC(Cc1c[nH]c2ccccc12)C(N)=O. The van der Waals surface area contributed by atoms with Gasteiger partial charge in [-0.1, -0.05) is 48.5 Å². The maximum atomic E-state index is 13.7. The van der Waals surface area contributed by atoms with Crippen molar-refractivity contribution in [1.29, 1.82) is 0 Å². The number of nitrogens with zero attached hydrogens (tertiary/aromatic N) is 2. The maximum absolute atomic E-state index is 13.7. The van der Waals surface area contributed by atoms with Crippen LogP contribution in [-0.2, 0) is 32.0 Å². The van der Waals surface area contributed by atoms with Gasteiger partial charge < -0.3 is 42.5 Å². The van der Waals surface area contributed by atoms with Gasteiger partial charge in [0.05, 0.1) is 0 Å². The Morgan fingerprint density at radius 1 is 0.915 bits per heavy atom. The molecule has 3 aromatic rings. The molecular formula is C31H41N9O7. The van der Waals surface area contributed by atoms with E-state index in [1.807, 2.05) is 30.3 Å². The first-order valence-electron chi connectivity index (χ1n) is 14.9. The van der Waals surface area contributed by atoms with Crippen LogP contribution in [0.2, 0.25) is 0 Å².